The lowest BCUT2D eigenvalue weighted by molar-refractivity contribution is 0.218. The summed E-state index contributed by atoms with van der Waals surface area (Å²) in [4.78, 5) is 1.21. The number of rotatable bonds is 6. The maximum absolute atomic E-state index is 6.12. The molecule has 0 atom stereocenters. The highest BCUT2D eigenvalue weighted by atomic mass is 35.5. The zero-order valence-electron chi connectivity index (χ0n) is 8.83. The molecular weight excluding hydrogens is 230 g/mol. The van der Waals surface area contributed by atoms with Crippen LogP contribution in [-0.4, -0.2) is 26.0 Å². The molecule has 0 aromatic heterocycles. The molecule has 0 aliphatic heterocycles. The normalized spacial score (nSPS) is 10.6. The van der Waals surface area contributed by atoms with E-state index in [2.05, 4.69) is 6.07 Å². The Hall–Kier alpha value is -0.220. The zero-order chi connectivity index (χ0) is 11.1. The minimum Gasteiger partial charge on any atom is -0.384 e. The fraction of sp³-hybridized carbons (Fsp3) is 0.455. The van der Waals surface area contributed by atoms with Crippen LogP contribution in [0.5, 0.6) is 0 Å². The van der Waals surface area contributed by atoms with E-state index in [0.717, 1.165) is 29.4 Å². The molecule has 0 spiro atoms. The van der Waals surface area contributed by atoms with Crippen LogP contribution in [0.4, 0.5) is 0 Å². The van der Waals surface area contributed by atoms with Crippen molar-refractivity contribution in [2.75, 3.05) is 26.0 Å². The van der Waals surface area contributed by atoms with Crippen molar-refractivity contribution in [3.63, 3.8) is 0 Å². The maximum Gasteiger partial charge on any atom is 0.0556 e. The molecule has 0 radical (unpaired) electrons. The molecule has 0 heterocycles. The zero-order valence-corrected chi connectivity index (χ0v) is 10.4. The molecule has 1 rings (SSSR count). The quantitative estimate of drug-likeness (QED) is 0.618. The lowest BCUT2D eigenvalue weighted by Crippen LogP contribution is -2.04. The van der Waals surface area contributed by atoms with E-state index in [1.54, 1.807) is 18.9 Å². The molecule has 0 amide bonds. The summed E-state index contributed by atoms with van der Waals surface area (Å²) in [5, 5.41) is 0.808. The van der Waals surface area contributed by atoms with Crippen LogP contribution in [0.15, 0.2) is 23.1 Å². The van der Waals surface area contributed by atoms with Gasteiger partial charge >= 0.3 is 0 Å². The number of hydrogen-bond donors (Lipinski definition) is 1. The average molecular weight is 246 g/mol. The third kappa shape index (κ3) is 4.03. The first kappa shape index (κ1) is 12.8. The third-order valence-corrected chi connectivity index (χ3v) is 3.43. The maximum atomic E-state index is 6.12. The van der Waals surface area contributed by atoms with Gasteiger partial charge < -0.3 is 10.5 Å². The number of hydrogen-bond acceptors (Lipinski definition) is 3. The van der Waals surface area contributed by atoms with Crippen LogP contribution in [-0.2, 0) is 11.2 Å². The van der Waals surface area contributed by atoms with Crippen LogP contribution in [0.25, 0.3) is 0 Å². The van der Waals surface area contributed by atoms with E-state index < -0.39 is 0 Å². The first-order valence-electron chi connectivity index (χ1n) is 4.88. The van der Waals surface area contributed by atoms with Crippen molar-refractivity contribution in [3.8, 4) is 0 Å². The standard InChI is InChI=1S/C11H16ClNOS/c1-14-7-8-15-11-4-2-3-10(12)9(11)5-6-13/h2-4H,5-8,13H2,1H3. The van der Waals surface area contributed by atoms with Gasteiger partial charge in [-0.05, 0) is 30.7 Å². The van der Waals surface area contributed by atoms with Crippen LogP contribution < -0.4 is 5.73 Å². The third-order valence-electron chi connectivity index (χ3n) is 2.02. The number of ether oxygens (including phenoxy) is 1. The predicted molar refractivity (Wildman–Crippen MR) is 66.8 cm³/mol. The van der Waals surface area contributed by atoms with Gasteiger partial charge in [0.05, 0.1) is 6.61 Å². The summed E-state index contributed by atoms with van der Waals surface area (Å²) in [5.41, 5.74) is 6.72. The van der Waals surface area contributed by atoms with E-state index >= 15 is 0 Å². The highest BCUT2D eigenvalue weighted by Gasteiger charge is 2.06. The molecule has 0 aliphatic carbocycles. The van der Waals surface area contributed by atoms with Crippen molar-refractivity contribution in [3.05, 3.63) is 28.8 Å². The fourth-order valence-corrected chi connectivity index (χ4v) is 2.65. The predicted octanol–water partition coefficient (Wildman–Crippen LogP) is 2.58. The lowest BCUT2D eigenvalue weighted by atomic mass is 10.1. The number of thioether (sulfide) groups is 1. The Morgan fingerprint density at radius 2 is 2.27 bits per heavy atom. The Morgan fingerprint density at radius 3 is 2.93 bits per heavy atom. The average Bonchev–Trinajstić information content (AvgIpc) is 2.23. The molecule has 0 unspecified atom stereocenters. The van der Waals surface area contributed by atoms with Crippen molar-refractivity contribution in [1.82, 2.24) is 0 Å². The molecule has 0 aliphatic rings. The summed E-state index contributed by atoms with van der Waals surface area (Å²) in [6, 6.07) is 5.96. The van der Waals surface area contributed by atoms with Gasteiger partial charge in [-0.15, -0.1) is 11.8 Å². The van der Waals surface area contributed by atoms with E-state index in [0.29, 0.717) is 6.54 Å². The van der Waals surface area contributed by atoms with Crippen LogP contribution in [0, 0.1) is 0 Å². The van der Waals surface area contributed by atoms with Crippen molar-refractivity contribution in [1.29, 1.82) is 0 Å². The van der Waals surface area contributed by atoms with Crippen LogP contribution >= 0.6 is 23.4 Å². The second-order valence-electron chi connectivity index (χ2n) is 3.10. The minimum absolute atomic E-state index is 0.627. The molecule has 0 bridgehead atoms. The summed E-state index contributed by atoms with van der Waals surface area (Å²) >= 11 is 7.88. The Morgan fingerprint density at radius 1 is 1.47 bits per heavy atom. The fourth-order valence-electron chi connectivity index (χ4n) is 1.30. The molecule has 0 fully saturated rings. The Bertz CT molecular complexity index is 307. The minimum atomic E-state index is 0.627. The number of halogens is 1. The van der Waals surface area contributed by atoms with Gasteiger partial charge in [0.15, 0.2) is 0 Å². The van der Waals surface area contributed by atoms with E-state index in [9.17, 15) is 0 Å². The lowest BCUT2D eigenvalue weighted by Gasteiger charge is -2.09. The second-order valence-corrected chi connectivity index (χ2v) is 4.64. The Kier molecular flexibility index (Phi) is 6.10. The van der Waals surface area contributed by atoms with Crippen LogP contribution in [0.1, 0.15) is 5.56 Å². The molecule has 1 aromatic carbocycles. The topological polar surface area (TPSA) is 35.2 Å². The van der Waals surface area contributed by atoms with E-state index in [1.165, 1.54) is 4.90 Å². The highest BCUT2D eigenvalue weighted by molar-refractivity contribution is 7.99. The Labute approximate surface area is 100 Å². The number of benzene rings is 1. The molecule has 2 N–H and O–H groups in total. The van der Waals surface area contributed by atoms with Crippen LogP contribution in [0.3, 0.4) is 0 Å². The Balaban J connectivity index is 2.71. The van der Waals surface area contributed by atoms with Gasteiger partial charge in [-0.3, -0.25) is 0 Å². The van der Waals surface area contributed by atoms with Gasteiger partial charge in [-0.2, -0.15) is 0 Å². The van der Waals surface area contributed by atoms with E-state index in [1.807, 2.05) is 12.1 Å². The molecule has 84 valence electrons. The van der Waals surface area contributed by atoms with Crippen molar-refractivity contribution in [2.45, 2.75) is 11.3 Å². The van der Waals surface area contributed by atoms with Crippen molar-refractivity contribution < 1.29 is 4.74 Å². The largest absolute Gasteiger partial charge is 0.384 e. The number of nitrogens with two attached hydrogens (primary N) is 1. The summed E-state index contributed by atoms with van der Waals surface area (Å²) in [5.74, 6) is 0.939. The van der Waals surface area contributed by atoms with Gasteiger partial charge in [0.2, 0.25) is 0 Å². The number of methoxy groups -OCH3 is 1. The molecule has 2 nitrogen and oxygen atoms in total. The SMILES string of the molecule is COCCSc1cccc(Cl)c1CCN. The van der Waals surface area contributed by atoms with Gasteiger partial charge in [-0.1, -0.05) is 17.7 Å². The summed E-state index contributed by atoms with van der Waals surface area (Å²) in [6.45, 7) is 1.38. The smallest absolute Gasteiger partial charge is 0.0556 e. The molecule has 4 heteroatoms. The molecule has 0 saturated carbocycles. The van der Waals surface area contributed by atoms with Crippen LogP contribution in [0.2, 0.25) is 5.02 Å². The molecule has 0 saturated heterocycles. The van der Waals surface area contributed by atoms with E-state index in [4.69, 9.17) is 22.1 Å². The highest BCUT2D eigenvalue weighted by Crippen LogP contribution is 2.28. The summed E-state index contributed by atoms with van der Waals surface area (Å²) in [6.07, 6.45) is 0.828. The van der Waals surface area contributed by atoms with Crippen molar-refractivity contribution >= 4 is 23.4 Å². The van der Waals surface area contributed by atoms with Gasteiger partial charge in [-0.25, -0.2) is 0 Å². The molecular formula is C11H16ClNOS. The van der Waals surface area contributed by atoms with Crippen molar-refractivity contribution in [2.24, 2.45) is 5.73 Å². The molecule has 15 heavy (non-hydrogen) atoms. The van der Waals surface area contributed by atoms with Gasteiger partial charge in [0.1, 0.15) is 0 Å². The first-order chi connectivity index (χ1) is 7.29. The second kappa shape index (κ2) is 7.12. The first-order valence-corrected chi connectivity index (χ1v) is 6.25. The van der Waals surface area contributed by atoms with E-state index in [-0.39, 0.29) is 0 Å². The molecule has 1 aromatic rings. The van der Waals surface area contributed by atoms with Gasteiger partial charge in [0, 0.05) is 22.8 Å². The summed E-state index contributed by atoms with van der Waals surface area (Å²) < 4.78 is 5.02. The summed E-state index contributed by atoms with van der Waals surface area (Å²) in [7, 11) is 1.71. The van der Waals surface area contributed by atoms with Gasteiger partial charge in [0.25, 0.3) is 0 Å². The monoisotopic (exact) mass is 245 g/mol.